The second-order valence-corrected chi connectivity index (χ2v) is 4.73. The van der Waals surface area contributed by atoms with E-state index in [0.29, 0.717) is 18.3 Å². The van der Waals surface area contributed by atoms with E-state index in [-0.39, 0.29) is 5.91 Å². The highest BCUT2D eigenvalue weighted by Gasteiger charge is 2.20. The van der Waals surface area contributed by atoms with Gasteiger partial charge in [0.2, 0.25) is 0 Å². The summed E-state index contributed by atoms with van der Waals surface area (Å²) in [6, 6.07) is 5.85. The van der Waals surface area contributed by atoms with Crippen LogP contribution in [0.1, 0.15) is 36.7 Å². The molecule has 1 aliphatic rings. The zero-order valence-electron chi connectivity index (χ0n) is 10.9. The standard InChI is InChI=1S/C14H21N3O/c1-2-12(17-9-5-6-10-17)11-16-14(18)13-7-3-4-8-15-13/h3-4,7-8,12H,2,5-6,9-11H2,1H3,(H,16,18)/t12-/m0/s1. The van der Waals surface area contributed by atoms with Crippen LogP contribution in [-0.2, 0) is 0 Å². The Morgan fingerprint density at radius 2 is 2.22 bits per heavy atom. The van der Waals surface area contributed by atoms with Crippen molar-refractivity contribution in [3.05, 3.63) is 30.1 Å². The van der Waals surface area contributed by atoms with E-state index in [4.69, 9.17) is 0 Å². The smallest absolute Gasteiger partial charge is 0.269 e. The first kappa shape index (κ1) is 13.0. The molecule has 1 atom stereocenters. The molecule has 2 rings (SSSR count). The number of hydrogen-bond acceptors (Lipinski definition) is 3. The Kier molecular flexibility index (Phi) is 4.70. The van der Waals surface area contributed by atoms with Crippen LogP contribution in [0.25, 0.3) is 0 Å². The van der Waals surface area contributed by atoms with Crippen LogP contribution in [-0.4, -0.2) is 41.5 Å². The lowest BCUT2D eigenvalue weighted by Crippen LogP contribution is -2.42. The summed E-state index contributed by atoms with van der Waals surface area (Å²) in [5.41, 5.74) is 0.494. The van der Waals surface area contributed by atoms with Crippen LogP contribution in [0.15, 0.2) is 24.4 Å². The van der Waals surface area contributed by atoms with Gasteiger partial charge >= 0.3 is 0 Å². The molecule has 1 saturated heterocycles. The monoisotopic (exact) mass is 247 g/mol. The molecular formula is C14H21N3O. The van der Waals surface area contributed by atoms with Crippen molar-refractivity contribution in [3.63, 3.8) is 0 Å². The molecule has 0 saturated carbocycles. The quantitative estimate of drug-likeness (QED) is 0.861. The van der Waals surface area contributed by atoms with Crippen LogP contribution in [0.2, 0.25) is 0 Å². The van der Waals surface area contributed by atoms with Crippen LogP contribution >= 0.6 is 0 Å². The first-order chi connectivity index (χ1) is 8.81. The van der Waals surface area contributed by atoms with Crippen molar-refractivity contribution in [2.75, 3.05) is 19.6 Å². The Morgan fingerprint density at radius 1 is 1.44 bits per heavy atom. The molecule has 1 fully saturated rings. The maximum atomic E-state index is 11.9. The van der Waals surface area contributed by atoms with Gasteiger partial charge in [-0.2, -0.15) is 0 Å². The fraction of sp³-hybridized carbons (Fsp3) is 0.571. The largest absolute Gasteiger partial charge is 0.349 e. The fourth-order valence-corrected chi connectivity index (χ4v) is 2.44. The third-order valence-corrected chi connectivity index (χ3v) is 3.52. The van der Waals surface area contributed by atoms with Gasteiger partial charge in [-0.15, -0.1) is 0 Å². The topological polar surface area (TPSA) is 45.2 Å². The van der Waals surface area contributed by atoms with Crippen molar-refractivity contribution >= 4 is 5.91 Å². The predicted octanol–water partition coefficient (Wildman–Crippen LogP) is 1.69. The molecule has 0 radical (unpaired) electrons. The van der Waals surface area contributed by atoms with Gasteiger partial charge in [-0.05, 0) is 44.5 Å². The molecule has 1 aromatic rings. The van der Waals surface area contributed by atoms with Crippen LogP contribution in [0.4, 0.5) is 0 Å². The lowest BCUT2D eigenvalue weighted by atomic mass is 10.2. The molecule has 1 aromatic heterocycles. The van der Waals surface area contributed by atoms with E-state index in [0.717, 1.165) is 19.5 Å². The number of nitrogens with one attached hydrogen (secondary N) is 1. The number of rotatable bonds is 5. The number of hydrogen-bond donors (Lipinski definition) is 1. The Labute approximate surface area is 108 Å². The number of pyridine rings is 1. The number of likely N-dealkylation sites (tertiary alicyclic amines) is 1. The van der Waals surface area contributed by atoms with E-state index in [2.05, 4.69) is 22.1 Å². The van der Waals surface area contributed by atoms with Gasteiger partial charge in [0.15, 0.2) is 0 Å². The molecule has 4 heteroatoms. The van der Waals surface area contributed by atoms with Gasteiger partial charge < -0.3 is 5.32 Å². The maximum Gasteiger partial charge on any atom is 0.269 e. The van der Waals surface area contributed by atoms with Gasteiger partial charge in [0, 0.05) is 18.8 Å². The molecule has 0 bridgehead atoms. The molecule has 1 N–H and O–H groups in total. The second-order valence-electron chi connectivity index (χ2n) is 4.73. The second kappa shape index (κ2) is 6.50. The average molecular weight is 247 g/mol. The van der Waals surface area contributed by atoms with Gasteiger partial charge in [0.25, 0.3) is 5.91 Å². The lowest BCUT2D eigenvalue weighted by Gasteiger charge is -2.26. The molecular weight excluding hydrogens is 226 g/mol. The van der Waals surface area contributed by atoms with Crippen molar-refractivity contribution in [2.45, 2.75) is 32.2 Å². The molecule has 0 aromatic carbocycles. The normalized spacial score (nSPS) is 17.6. The summed E-state index contributed by atoms with van der Waals surface area (Å²) in [6.07, 6.45) is 5.28. The van der Waals surface area contributed by atoms with E-state index in [9.17, 15) is 4.79 Å². The zero-order valence-corrected chi connectivity index (χ0v) is 10.9. The summed E-state index contributed by atoms with van der Waals surface area (Å²) in [4.78, 5) is 18.4. The fourth-order valence-electron chi connectivity index (χ4n) is 2.44. The maximum absolute atomic E-state index is 11.9. The van der Waals surface area contributed by atoms with E-state index in [1.807, 2.05) is 12.1 Å². The lowest BCUT2D eigenvalue weighted by molar-refractivity contribution is 0.0932. The minimum Gasteiger partial charge on any atom is -0.349 e. The molecule has 0 aliphatic carbocycles. The van der Waals surface area contributed by atoms with E-state index in [1.165, 1.54) is 12.8 Å². The summed E-state index contributed by atoms with van der Waals surface area (Å²) < 4.78 is 0. The molecule has 0 unspecified atom stereocenters. The zero-order chi connectivity index (χ0) is 12.8. The molecule has 98 valence electrons. The Bertz CT molecular complexity index is 374. The first-order valence-corrected chi connectivity index (χ1v) is 6.74. The van der Waals surface area contributed by atoms with Gasteiger partial charge in [-0.1, -0.05) is 13.0 Å². The van der Waals surface area contributed by atoms with E-state index < -0.39 is 0 Å². The number of nitrogens with zero attached hydrogens (tertiary/aromatic N) is 2. The highest BCUT2D eigenvalue weighted by molar-refractivity contribution is 5.92. The van der Waals surface area contributed by atoms with Crippen LogP contribution < -0.4 is 5.32 Å². The molecule has 18 heavy (non-hydrogen) atoms. The highest BCUT2D eigenvalue weighted by Crippen LogP contribution is 2.13. The molecule has 4 nitrogen and oxygen atoms in total. The molecule has 1 amide bonds. The van der Waals surface area contributed by atoms with Crippen molar-refractivity contribution in [3.8, 4) is 0 Å². The summed E-state index contributed by atoms with van der Waals surface area (Å²) in [7, 11) is 0. The minimum atomic E-state index is -0.0757. The number of aromatic nitrogens is 1. The Balaban J connectivity index is 1.84. The summed E-state index contributed by atoms with van der Waals surface area (Å²) in [5.74, 6) is -0.0757. The Hall–Kier alpha value is -1.42. The van der Waals surface area contributed by atoms with Gasteiger partial charge in [-0.3, -0.25) is 14.7 Å². The van der Waals surface area contributed by atoms with Gasteiger partial charge in [0.05, 0.1) is 0 Å². The average Bonchev–Trinajstić information content (AvgIpc) is 2.94. The van der Waals surface area contributed by atoms with Crippen LogP contribution in [0.3, 0.4) is 0 Å². The number of carbonyl (C=O) groups is 1. The SMILES string of the molecule is CC[C@@H](CNC(=O)c1ccccn1)N1CCCC1. The van der Waals surface area contributed by atoms with Crippen molar-refractivity contribution in [2.24, 2.45) is 0 Å². The summed E-state index contributed by atoms with van der Waals surface area (Å²) >= 11 is 0. The Morgan fingerprint density at radius 3 is 2.83 bits per heavy atom. The first-order valence-electron chi connectivity index (χ1n) is 6.74. The van der Waals surface area contributed by atoms with Crippen LogP contribution in [0, 0.1) is 0 Å². The van der Waals surface area contributed by atoms with E-state index >= 15 is 0 Å². The number of carbonyl (C=O) groups excluding carboxylic acids is 1. The summed E-state index contributed by atoms with van der Waals surface area (Å²) in [6.45, 7) is 5.22. The van der Waals surface area contributed by atoms with Crippen molar-refractivity contribution in [1.82, 2.24) is 15.2 Å². The van der Waals surface area contributed by atoms with Gasteiger partial charge in [0.1, 0.15) is 5.69 Å². The van der Waals surface area contributed by atoms with Crippen molar-refractivity contribution < 1.29 is 4.79 Å². The third-order valence-electron chi connectivity index (χ3n) is 3.52. The third kappa shape index (κ3) is 3.29. The molecule has 0 spiro atoms. The van der Waals surface area contributed by atoms with Gasteiger partial charge in [-0.25, -0.2) is 0 Å². The van der Waals surface area contributed by atoms with E-state index in [1.54, 1.807) is 12.3 Å². The number of amides is 1. The van der Waals surface area contributed by atoms with Crippen LogP contribution in [0.5, 0.6) is 0 Å². The molecule has 2 heterocycles. The van der Waals surface area contributed by atoms with Crippen molar-refractivity contribution in [1.29, 1.82) is 0 Å². The minimum absolute atomic E-state index is 0.0757. The highest BCUT2D eigenvalue weighted by atomic mass is 16.1. The summed E-state index contributed by atoms with van der Waals surface area (Å²) in [5, 5.41) is 2.98. The predicted molar refractivity (Wildman–Crippen MR) is 71.5 cm³/mol. The molecule has 1 aliphatic heterocycles.